The summed E-state index contributed by atoms with van der Waals surface area (Å²) in [5.74, 6) is 0.924. The minimum atomic E-state index is 0.305. The van der Waals surface area contributed by atoms with Crippen molar-refractivity contribution in [2.24, 2.45) is 0 Å². The number of nitrogens with one attached hydrogen (secondary N) is 1. The van der Waals surface area contributed by atoms with Crippen molar-refractivity contribution in [1.29, 1.82) is 0 Å². The van der Waals surface area contributed by atoms with Gasteiger partial charge in [-0.3, -0.25) is 0 Å². The van der Waals surface area contributed by atoms with E-state index in [-0.39, 0.29) is 0 Å². The second-order valence-electron chi connectivity index (χ2n) is 3.73. The van der Waals surface area contributed by atoms with Gasteiger partial charge in [0.05, 0.1) is 16.4 Å². The number of nitrogens with two attached hydrogens (primary N) is 2. The van der Waals surface area contributed by atoms with Crippen molar-refractivity contribution in [3.63, 3.8) is 0 Å². The summed E-state index contributed by atoms with van der Waals surface area (Å²) in [6.45, 7) is 1.97. The standard InChI is InChI=1S/C12H13ClN4/c1-7-3-2-4-8(13)11(7)16-10-6-5-9(14)12(15)17-10/h2-6H,14H2,1H3,(H3,15,16,17). The Morgan fingerprint density at radius 3 is 2.59 bits per heavy atom. The zero-order chi connectivity index (χ0) is 12.4. The summed E-state index contributed by atoms with van der Waals surface area (Å²) in [6, 6.07) is 9.14. The lowest BCUT2D eigenvalue weighted by molar-refractivity contribution is 1.30. The molecule has 0 fully saturated rings. The van der Waals surface area contributed by atoms with Crippen LogP contribution in [0.3, 0.4) is 0 Å². The average molecular weight is 249 g/mol. The zero-order valence-electron chi connectivity index (χ0n) is 9.37. The molecule has 0 amide bonds. The Hall–Kier alpha value is -1.94. The van der Waals surface area contributed by atoms with Crippen molar-refractivity contribution < 1.29 is 0 Å². The summed E-state index contributed by atoms with van der Waals surface area (Å²) in [5, 5.41) is 3.77. The van der Waals surface area contributed by atoms with E-state index in [0.717, 1.165) is 11.3 Å². The second kappa shape index (κ2) is 4.51. The Kier molecular flexibility index (Phi) is 3.06. The van der Waals surface area contributed by atoms with Gasteiger partial charge in [0.2, 0.25) is 0 Å². The van der Waals surface area contributed by atoms with Gasteiger partial charge in [-0.25, -0.2) is 4.98 Å². The Morgan fingerprint density at radius 2 is 1.94 bits per heavy atom. The summed E-state index contributed by atoms with van der Waals surface area (Å²) >= 11 is 6.10. The number of aromatic nitrogens is 1. The number of anilines is 4. The Bertz CT molecular complexity index is 534. The van der Waals surface area contributed by atoms with Crippen molar-refractivity contribution >= 4 is 34.6 Å². The maximum absolute atomic E-state index is 6.10. The van der Waals surface area contributed by atoms with Gasteiger partial charge in [-0.1, -0.05) is 23.7 Å². The SMILES string of the molecule is Cc1cccc(Cl)c1Nc1ccc(N)c(N)n1. The van der Waals surface area contributed by atoms with E-state index in [1.54, 1.807) is 12.1 Å². The lowest BCUT2D eigenvalue weighted by atomic mass is 10.2. The first kappa shape index (κ1) is 11.5. The van der Waals surface area contributed by atoms with Crippen molar-refractivity contribution in [2.75, 3.05) is 16.8 Å². The largest absolute Gasteiger partial charge is 0.396 e. The van der Waals surface area contributed by atoms with Crippen LogP contribution < -0.4 is 16.8 Å². The van der Waals surface area contributed by atoms with Gasteiger partial charge in [-0.15, -0.1) is 0 Å². The van der Waals surface area contributed by atoms with Crippen LogP contribution in [0.1, 0.15) is 5.56 Å². The van der Waals surface area contributed by atoms with E-state index < -0.39 is 0 Å². The quantitative estimate of drug-likeness (QED) is 0.764. The van der Waals surface area contributed by atoms with Crippen molar-refractivity contribution in [1.82, 2.24) is 4.98 Å². The normalized spacial score (nSPS) is 10.2. The third-order valence-corrected chi connectivity index (χ3v) is 2.75. The van der Waals surface area contributed by atoms with E-state index in [1.807, 2.05) is 25.1 Å². The first-order valence-electron chi connectivity index (χ1n) is 5.12. The Labute approximate surface area is 105 Å². The molecule has 0 bridgehead atoms. The minimum absolute atomic E-state index is 0.305. The molecule has 5 heteroatoms. The number of nitrogen functional groups attached to an aromatic ring is 2. The summed E-state index contributed by atoms with van der Waals surface area (Å²) in [6.07, 6.45) is 0. The van der Waals surface area contributed by atoms with Crippen molar-refractivity contribution in [2.45, 2.75) is 6.92 Å². The molecule has 1 heterocycles. The fourth-order valence-electron chi connectivity index (χ4n) is 1.47. The molecule has 0 saturated heterocycles. The molecule has 4 nitrogen and oxygen atoms in total. The molecule has 0 saturated carbocycles. The van der Waals surface area contributed by atoms with Crippen molar-refractivity contribution in [3.05, 3.63) is 40.9 Å². The molecule has 0 atom stereocenters. The third kappa shape index (κ3) is 2.42. The summed E-state index contributed by atoms with van der Waals surface area (Å²) < 4.78 is 0. The molecule has 0 aliphatic rings. The van der Waals surface area contributed by atoms with Crippen LogP contribution in [-0.2, 0) is 0 Å². The molecule has 0 unspecified atom stereocenters. The Morgan fingerprint density at radius 1 is 1.18 bits per heavy atom. The van der Waals surface area contributed by atoms with Gasteiger partial charge in [0, 0.05) is 0 Å². The predicted octanol–water partition coefficient (Wildman–Crippen LogP) is 2.95. The van der Waals surface area contributed by atoms with Crippen molar-refractivity contribution in [3.8, 4) is 0 Å². The first-order valence-corrected chi connectivity index (χ1v) is 5.50. The highest BCUT2D eigenvalue weighted by atomic mass is 35.5. The fraction of sp³-hybridized carbons (Fsp3) is 0.0833. The lowest BCUT2D eigenvalue weighted by Crippen LogP contribution is -2.02. The number of nitrogens with zero attached hydrogens (tertiary/aromatic N) is 1. The summed E-state index contributed by atoms with van der Waals surface area (Å²) in [7, 11) is 0. The maximum Gasteiger partial charge on any atom is 0.149 e. The van der Waals surface area contributed by atoms with E-state index in [4.69, 9.17) is 23.1 Å². The van der Waals surface area contributed by atoms with Gasteiger partial charge < -0.3 is 16.8 Å². The number of para-hydroxylation sites is 1. The number of pyridine rings is 1. The number of halogens is 1. The number of aryl methyl sites for hydroxylation is 1. The summed E-state index contributed by atoms with van der Waals surface area (Å²) in [4.78, 5) is 4.13. The number of benzene rings is 1. The van der Waals surface area contributed by atoms with Gasteiger partial charge >= 0.3 is 0 Å². The van der Waals surface area contributed by atoms with Crippen LogP contribution >= 0.6 is 11.6 Å². The molecule has 0 radical (unpaired) electrons. The van der Waals surface area contributed by atoms with E-state index in [2.05, 4.69) is 10.3 Å². The van der Waals surface area contributed by atoms with Gasteiger partial charge in [0.25, 0.3) is 0 Å². The molecule has 0 aliphatic heterocycles. The molecular weight excluding hydrogens is 236 g/mol. The highest BCUT2D eigenvalue weighted by Gasteiger charge is 2.05. The van der Waals surface area contributed by atoms with Crippen LogP contribution in [0.2, 0.25) is 5.02 Å². The molecule has 1 aromatic carbocycles. The second-order valence-corrected chi connectivity index (χ2v) is 4.13. The molecule has 88 valence electrons. The topological polar surface area (TPSA) is 77.0 Å². The first-order chi connectivity index (χ1) is 8.08. The number of hydrogen-bond donors (Lipinski definition) is 3. The van der Waals surface area contributed by atoms with Gasteiger partial charge in [-0.2, -0.15) is 0 Å². The number of rotatable bonds is 2. The van der Waals surface area contributed by atoms with Gasteiger partial charge in [0.1, 0.15) is 11.6 Å². The molecule has 2 aromatic rings. The van der Waals surface area contributed by atoms with E-state index in [0.29, 0.717) is 22.3 Å². The van der Waals surface area contributed by atoms with Crippen LogP contribution in [0, 0.1) is 6.92 Å². The van der Waals surface area contributed by atoms with Crippen LogP contribution in [-0.4, -0.2) is 4.98 Å². The molecule has 2 rings (SSSR count). The minimum Gasteiger partial charge on any atom is -0.396 e. The van der Waals surface area contributed by atoms with Crippen LogP contribution in [0.5, 0.6) is 0 Å². The van der Waals surface area contributed by atoms with Crippen LogP contribution in [0.25, 0.3) is 0 Å². The highest BCUT2D eigenvalue weighted by Crippen LogP contribution is 2.28. The van der Waals surface area contributed by atoms with Gasteiger partial charge in [0.15, 0.2) is 0 Å². The molecule has 5 N–H and O–H groups in total. The van der Waals surface area contributed by atoms with Gasteiger partial charge in [-0.05, 0) is 30.7 Å². The lowest BCUT2D eigenvalue weighted by Gasteiger charge is -2.11. The summed E-state index contributed by atoms with van der Waals surface area (Å²) in [5.41, 5.74) is 13.6. The number of hydrogen-bond acceptors (Lipinski definition) is 4. The monoisotopic (exact) mass is 248 g/mol. The third-order valence-electron chi connectivity index (χ3n) is 2.43. The predicted molar refractivity (Wildman–Crippen MR) is 72.5 cm³/mol. The molecule has 1 aromatic heterocycles. The Balaban J connectivity index is 2.35. The maximum atomic E-state index is 6.10. The molecule has 0 aliphatic carbocycles. The van der Waals surface area contributed by atoms with E-state index >= 15 is 0 Å². The van der Waals surface area contributed by atoms with Crippen LogP contribution in [0.4, 0.5) is 23.0 Å². The smallest absolute Gasteiger partial charge is 0.149 e. The van der Waals surface area contributed by atoms with Crippen LogP contribution in [0.15, 0.2) is 30.3 Å². The molecule has 0 spiro atoms. The average Bonchev–Trinajstić information content (AvgIpc) is 2.28. The fourth-order valence-corrected chi connectivity index (χ4v) is 1.74. The zero-order valence-corrected chi connectivity index (χ0v) is 10.1. The highest BCUT2D eigenvalue weighted by molar-refractivity contribution is 6.33. The molecular formula is C12H13ClN4. The van der Waals surface area contributed by atoms with E-state index in [1.165, 1.54) is 0 Å². The molecule has 17 heavy (non-hydrogen) atoms. The van der Waals surface area contributed by atoms with E-state index in [9.17, 15) is 0 Å².